The van der Waals surface area contributed by atoms with Gasteiger partial charge in [0.2, 0.25) is 5.88 Å². The number of carbonyl (C=O) groups is 1. The van der Waals surface area contributed by atoms with E-state index in [1.54, 1.807) is 24.4 Å². The molecule has 0 saturated carbocycles. The second-order valence-corrected chi connectivity index (χ2v) is 3.35. The lowest BCUT2D eigenvalue weighted by Gasteiger charge is -2.01. The van der Waals surface area contributed by atoms with Gasteiger partial charge in [0, 0.05) is 6.20 Å². The molecule has 0 unspecified atom stereocenters. The van der Waals surface area contributed by atoms with Crippen LogP contribution in [0.1, 0.15) is 12.0 Å². The molecule has 0 bridgehead atoms. The van der Waals surface area contributed by atoms with Gasteiger partial charge in [0.1, 0.15) is 5.02 Å². The molecule has 0 radical (unpaired) electrons. The van der Waals surface area contributed by atoms with E-state index in [0.29, 0.717) is 10.9 Å². The molecule has 0 spiro atoms. The number of nitrogens with zero attached hydrogens (tertiary/aromatic N) is 1. The SMILES string of the molecule is COC(=O)CC=Cc1cnc(OC)c(Cl)c1. The number of halogens is 1. The fraction of sp³-hybridized carbons (Fsp3) is 0.273. The van der Waals surface area contributed by atoms with Gasteiger partial charge in [0.25, 0.3) is 0 Å². The Hall–Kier alpha value is -1.55. The van der Waals surface area contributed by atoms with Crippen LogP contribution in [0.15, 0.2) is 18.3 Å². The van der Waals surface area contributed by atoms with Crippen molar-refractivity contribution < 1.29 is 14.3 Å². The molecule has 0 aromatic carbocycles. The maximum Gasteiger partial charge on any atom is 0.309 e. The molecule has 0 amide bonds. The maximum atomic E-state index is 10.8. The molecular formula is C11H12ClNO3. The van der Waals surface area contributed by atoms with Crippen molar-refractivity contribution in [2.75, 3.05) is 14.2 Å². The Morgan fingerprint density at radius 3 is 2.88 bits per heavy atom. The number of rotatable bonds is 4. The minimum Gasteiger partial charge on any atom is -0.480 e. The number of hydrogen-bond donors (Lipinski definition) is 0. The molecule has 1 aromatic heterocycles. The summed E-state index contributed by atoms with van der Waals surface area (Å²) in [6.07, 6.45) is 5.26. The number of pyridine rings is 1. The molecule has 1 rings (SSSR count). The van der Waals surface area contributed by atoms with E-state index in [1.807, 2.05) is 0 Å². The van der Waals surface area contributed by atoms with Crippen molar-refractivity contribution in [3.8, 4) is 5.88 Å². The molecule has 16 heavy (non-hydrogen) atoms. The fourth-order valence-corrected chi connectivity index (χ4v) is 1.31. The molecule has 4 nitrogen and oxygen atoms in total. The lowest BCUT2D eigenvalue weighted by Crippen LogP contribution is -1.96. The standard InChI is InChI=1S/C11H12ClNO3/c1-15-10(14)5-3-4-8-6-9(12)11(16-2)13-7-8/h3-4,6-7H,5H2,1-2H3. The quantitative estimate of drug-likeness (QED) is 0.759. The number of esters is 1. The Morgan fingerprint density at radius 2 is 2.31 bits per heavy atom. The second-order valence-electron chi connectivity index (χ2n) is 2.94. The summed E-state index contributed by atoms with van der Waals surface area (Å²) in [4.78, 5) is 14.8. The average Bonchev–Trinajstić information content (AvgIpc) is 2.29. The zero-order valence-corrected chi connectivity index (χ0v) is 9.82. The fourth-order valence-electron chi connectivity index (χ4n) is 1.06. The van der Waals surface area contributed by atoms with Crippen LogP contribution in [0.25, 0.3) is 6.08 Å². The van der Waals surface area contributed by atoms with Crippen molar-refractivity contribution in [3.63, 3.8) is 0 Å². The van der Waals surface area contributed by atoms with Gasteiger partial charge in [-0.1, -0.05) is 23.8 Å². The number of aromatic nitrogens is 1. The van der Waals surface area contributed by atoms with Crippen LogP contribution >= 0.6 is 11.6 Å². The first kappa shape index (κ1) is 12.5. The third-order valence-electron chi connectivity index (χ3n) is 1.84. The van der Waals surface area contributed by atoms with Gasteiger partial charge in [0.05, 0.1) is 20.6 Å². The maximum absolute atomic E-state index is 10.8. The molecular weight excluding hydrogens is 230 g/mol. The van der Waals surface area contributed by atoms with Crippen molar-refractivity contribution in [3.05, 3.63) is 28.9 Å². The summed E-state index contributed by atoms with van der Waals surface area (Å²) in [7, 11) is 2.85. The second kappa shape index (κ2) is 6.12. The van der Waals surface area contributed by atoms with Crippen LogP contribution in [0.3, 0.4) is 0 Å². The molecule has 0 fully saturated rings. The molecule has 0 atom stereocenters. The van der Waals surface area contributed by atoms with E-state index in [1.165, 1.54) is 14.2 Å². The number of methoxy groups -OCH3 is 2. The van der Waals surface area contributed by atoms with Crippen LogP contribution in [0.5, 0.6) is 5.88 Å². The molecule has 0 aliphatic rings. The van der Waals surface area contributed by atoms with E-state index in [9.17, 15) is 4.79 Å². The Labute approximate surface area is 98.8 Å². The topological polar surface area (TPSA) is 48.4 Å². The first-order valence-corrected chi connectivity index (χ1v) is 4.98. The van der Waals surface area contributed by atoms with E-state index >= 15 is 0 Å². The molecule has 0 N–H and O–H groups in total. The molecule has 1 aromatic rings. The number of hydrogen-bond acceptors (Lipinski definition) is 4. The third kappa shape index (κ3) is 3.55. The molecule has 5 heteroatoms. The Bertz CT molecular complexity index is 404. The van der Waals surface area contributed by atoms with Gasteiger partial charge < -0.3 is 9.47 Å². The van der Waals surface area contributed by atoms with Gasteiger partial charge in [-0.25, -0.2) is 4.98 Å². The molecule has 0 saturated heterocycles. The Kier molecular flexibility index (Phi) is 4.79. The summed E-state index contributed by atoms with van der Waals surface area (Å²) in [6.45, 7) is 0. The zero-order chi connectivity index (χ0) is 12.0. The monoisotopic (exact) mass is 241 g/mol. The van der Waals surface area contributed by atoms with E-state index in [-0.39, 0.29) is 12.4 Å². The Morgan fingerprint density at radius 1 is 1.56 bits per heavy atom. The summed E-state index contributed by atoms with van der Waals surface area (Å²) in [6, 6.07) is 1.71. The highest BCUT2D eigenvalue weighted by Gasteiger charge is 2.01. The van der Waals surface area contributed by atoms with Crippen molar-refractivity contribution in [1.82, 2.24) is 4.98 Å². The van der Waals surface area contributed by atoms with Crippen LogP contribution in [0, 0.1) is 0 Å². The van der Waals surface area contributed by atoms with Crippen molar-refractivity contribution in [2.45, 2.75) is 6.42 Å². The van der Waals surface area contributed by atoms with Gasteiger partial charge in [-0.2, -0.15) is 0 Å². The van der Waals surface area contributed by atoms with Gasteiger partial charge in [-0.15, -0.1) is 0 Å². The lowest BCUT2D eigenvalue weighted by molar-refractivity contribution is -0.139. The molecule has 86 valence electrons. The minimum absolute atomic E-state index is 0.222. The van der Waals surface area contributed by atoms with Crippen LogP contribution in [0.2, 0.25) is 5.02 Å². The normalized spacial score (nSPS) is 10.4. The van der Waals surface area contributed by atoms with Gasteiger partial charge in [-0.3, -0.25) is 4.79 Å². The summed E-state index contributed by atoms with van der Waals surface area (Å²) >= 11 is 5.89. The van der Waals surface area contributed by atoms with Crippen LogP contribution < -0.4 is 4.74 Å². The number of ether oxygens (including phenoxy) is 2. The first-order valence-electron chi connectivity index (χ1n) is 4.60. The first-order chi connectivity index (χ1) is 7.67. The Balaban J connectivity index is 2.68. The van der Waals surface area contributed by atoms with E-state index < -0.39 is 0 Å². The molecule has 0 aliphatic heterocycles. The summed E-state index contributed by atoms with van der Waals surface area (Å²) < 4.78 is 9.42. The van der Waals surface area contributed by atoms with Crippen LogP contribution in [0.4, 0.5) is 0 Å². The zero-order valence-electron chi connectivity index (χ0n) is 9.07. The molecule has 0 aliphatic carbocycles. The average molecular weight is 242 g/mol. The lowest BCUT2D eigenvalue weighted by atomic mass is 10.2. The largest absolute Gasteiger partial charge is 0.480 e. The van der Waals surface area contributed by atoms with E-state index in [0.717, 1.165) is 5.56 Å². The predicted molar refractivity (Wildman–Crippen MR) is 61.5 cm³/mol. The summed E-state index contributed by atoms with van der Waals surface area (Å²) in [5, 5.41) is 0.433. The van der Waals surface area contributed by atoms with Gasteiger partial charge in [0.15, 0.2) is 0 Å². The number of carbonyl (C=O) groups excluding carboxylic acids is 1. The van der Waals surface area contributed by atoms with Crippen LogP contribution in [-0.4, -0.2) is 25.2 Å². The third-order valence-corrected chi connectivity index (χ3v) is 2.12. The minimum atomic E-state index is -0.288. The van der Waals surface area contributed by atoms with Crippen molar-refractivity contribution >= 4 is 23.6 Å². The van der Waals surface area contributed by atoms with E-state index in [4.69, 9.17) is 16.3 Å². The highest BCUT2D eigenvalue weighted by molar-refractivity contribution is 6.31. The smallest absolute Gasteiger partial charge is 0.309 e. The molecule has 1 heterocycles. The summed E-state index contributed by atoms with van der Waals surface area (Å²) in [5.41, 5.74) is 0.801. The highest BCUT2D eigenvalue weighted by Crippen LogP contribution is 2.22. The van der Waals surface area contributed by atoms with E-state index in [2.05, 4.69) is 9.72 Å². The van der Waals surface area contributed by atoms with Crippen molar-refractivity contribution in [2.24, 2.45) is 0 Å². The van der Waals surface area contributed by atoms with Crippen molar-refractivity contribution in [1.29, 1.82) is 0 Å². The predicted octanol–water partition coefficient (Wildman–Crippen LogP) is 2.32. The van der Waals surface area contributed by atoms with Gasteiger partial charge in [-0.05, 0) is 11.6 Å². The highest BCUT2D eigenvalue weighted by atomic mass is 35.5. The van der Waals surface area contributed by atoms with Crippen LogP contribution in [-0.2, 0) is 9.53 Å². The van der Waals surface area contributed by atoms with Gasteiger partial charge >= 0.3 is 5.97 Å². The summed E-state index contributed by atoms with van der Waals surface area (Å²) in [5.74, 6) is 0.0932.